The van der Waals surface area contributed by atoms with Gasteiger partial charge in [0.25, 0.3) is 11.5 Å². The average Bonchev–Trinajstić information content (AvgIpc) is 3.06. The maximum atomic E-state index is 12.5. The second-order valence-electron chi connectivity index (χ2n) is 5.45. The lowest BCUT2D eigenvalue weighted by atomic mass is 10.1. The van der Waals surface area contributed by atoms with Crippen LogP contribution in [0.1, 0.15) is 21.2 Å². The first-order valence-corrected chi connectivity index (χ1v) is 8.66. The van der Waals surface area contributed by atoms with Gasteiger partial charge in [-0.3, -0.25) is 9.59 Å². The molecule has 0 saturated carbocycles. The molecule has 2 aromatic heterocycles. The highest BCUT2D eigenvalue weighted by Crippen LogP contribution is 2.14. The standard InChI is InChI=1S/C17H18N4O3S/c1-11-19-15(10-25-11)16(22)18-9-14-12-5-3-4-6-13(12)17(23)21(20-14)7-8-24-2/h3-6,10H,7-9H2,1-2H3,(H,18,22). The Morgan fingerprint density at radius 3 is 2.76 bits per heavy atom. The molecule has 1 aromatic carbocycles. The Morgan fingerprint density at radius 2 is 2.08 bits per heavy atom. The monoisotopic (exact) mass is 358 g/mol. The van der Waals surface area contributed by atoms with Crippen LogP contribution in [0.4, 0.5) is 0 Å². The van der Waals surface area contributed by atoms with Crippen LogP contribution in [0.5, 0.6) is 0 Å². The van der Waals surface area contributed by atoms with Gasteiger partial charge in [0, 0.05) is 17.9 Å². The number of ether oxygens (including phenoxy) is 1. The molecular formula is C17H18N4O3S. The molecule has 130 valence electrons. The molecule has 0 bridgehead atoms. The van der Waals surface area contributed by atoms with E-state index >= 15 is 0 Å². The van der Waals surface area contributed by atoms with Crippen molar-refractivity contribution in [3.05, 3.63) is 56.4 Å². The molecule has 25 heavy (non-hydrogen) atoms. The summed E-state index contributed by atoms with van der Waals surface area (Å²) in [5.41, 5.74) is 0.851. The van der Waals surface area contributed by atoms with Gasteiger partial charge in [-0.15, -0.1) is 11.3 Å². The molecule has 7 nitrogen and oxygen atoms in total. The predicted octanol–water partition coefficient (Wildman–Crippen LogP) is 1.74. The number of hydrogen-bond acceptors (Lipinski definition) is 6. The first-order chi connectivity index (χ1) is 12.1. The van der Waals surface area contributed by atoms with E-state index in [1.807, 2.05) is 25.1 Å². The Labute approximate surface area is 148 Å². The summed E-state index contributed by atoms with van der Waals surface area (Å²) in [5.74, 6) is -0.259. The van der Waals surface area contributed by atoms with E-state index in [1.165, 1.54) is 16.0 Å². The van der Waals surface area contributed by atoms with Crippen LogP contribution >= 0.6 is 11.3 Å². The van der Waals surface area contributed by atoms with E-state index in [0.717, 1.165) is 10.4 Å². The predicted molar refractivity (Wildman–Crippen MR) is 95.9 cm³/mol. The van der Waals surface area contributed by atoms with Gasteiger partial charge >= 0.3 is 0 Å². The summed E-state index contributed by atoms with van der Waals surface area (Å²) in [5, 5.41) is 11.1. The second kappa shape index (κ2) is 7.54. The molecule has 1 amide bonds. The smallest absolute Gasteiger partial charge is 0.274 e. The lowest BCUT2D eigenvalue weighted by Gasteiger charge is -2.11. The van der Waals surface area contributed by atoms with E-state index in [9.17, 15) is 9.59 Å². The number of nitrogens with one attached hydrogen (secondary N) is 1. The van der Waals surface area contributed by atoms with Crippen LogP contribution in [-0.4, -0.2) is 34.4 Å². The van der Waals surface area contributed by atoms with Crippen molar-refractivity contribution in [3.8, 4) is 0 Å². The highest BCUT2D eigenvalue weighted by Gasteiger charge is 2.13. The molecule has 8 heteroatoms. The Morgan fingerprint density at radius 1 is 1.32 bits per heavy atom. The summed E-state index contributed by atoms with van der Waals surface area (Å²) in [7, 11) is 1.57. The number of thiazole rings is 1. The molecule has 0 aliphatic rings. The van der Waals surface area contributed by atoms with Crippen molar-refractivity contribution in [2.24, 2.45) is 0 Å². The molecule has 3 aromatic rings. The summed E-state index contributed by atoms with van der Waals surface area (Å²) in [6.45, 7) is 2.80. The van der Waals surface area contributed by atoms with Gasteiger partial charge in [-0.2, -0.15) is 5.10 Å². The van der Waals surface area contributed by atoms with E-state index < -0.39 is 0 Å². The molecule has 0 aliphatic heterocycles. The van der Waals surface area contributed by atoms with E-state index in [0.29, 0.717) is 29.9 Å². The zero-order valence-corrected chi connectivity index (χ0v) is 14.8. The molecule has 0 unspecified atom stereocenters. The van der Waals surface area contributed by atoms with Gasteiger partial charge in [0.15, 0.2) is 0 Å². The van der Waals surface area contributed by atoms with Gasteiger partial charge < -0.3 is 10.1 Å². The molecule has 0 aliphatic carbocycles. The van der Waals surface area contributed by atoms with Gasteiger partial charge in [0.2, 0.25) is 0 Å². The number of benzene rings is 1. The van der Waals surface area contributed by atoms with E-state index in [4.69, 9.17) is 4.74 Å². The van der Waals surface area contributed by atoms with Crippen molar-refractivity contribution >= 4 is 28.0 Å². The molecule has 0 radical (unpaired) electrons. The Hall–Kier alpha value is -2.58. The number of carbonyl (C=O) groups is 1. The van der Waals surface area contributed by atoms with Crippen LogP contribution in [-0.2, 0) is 17.8 Å². The third kappa shape index (κ3) is 3.75. The minimum Gasteiger partial charge on any atom is -0.383 e. The SMILES string of the molecule is COCCn1nc(CNC(=O)c2csc(C)n2)c2ccccc2c1=O. The van der Waals surface area contributed by atoms with Crippen molar-refractivity contribution in [3.63, 3.8) is 0 Å². The molecule has 3 rings (SSSR count). The van der Waals surface area contributed by atoms with E-state index in [-0.39, 0.29) is 18.0 Å². The lowest BCUT2D eigenvalue weighted by Crippen LogP contribution is -2.29. The molecule has 0 spiro atoms. The molecule has 0 fully saturated rings. The first kappa shape index (κ1) is 17.2. The van der Waals surface area contributed by atoms with Crippen molar-refractivity contribution in [2.75, 3.05) is 13.7 Å². The van der Waals surface area contributed by atoms with Gasteiger partial charge in [0.05, 0.1) is 35.8 Å². The van der Waals surface area contributed by atoms with Gasteiger partial charge in [-0.25, -0.2) is 9.67 Å². The number of fused-ring (bicyclic) bond motifs is 1. The third-order valence-corrected chi connectivity index (χ3v) is 4.49. The molecule has 0 saturated heterocycles. The number of aryl methyl sites for hydroxylation is 1. The topological polar surface area (TPSA) is 86.1 Å². The fourth-order valence-electron chi connectivity index (χ4n) is 2.49. The van der Waals surface area contributed by atoms with E-state index in [2.05, 4.69) is 15.4 Å². The molecular weight excluding hydrogens is 340 g/mol. The third-order valence-electron chi connectivity index (χ3n) is 3.72. The number of rotatable bonds is 6. The van der Waals surface area contributed by atoms with Crippen LogP contribution in [0, 0.1) is 6.92 Å². The van der Waals surface area contributed by atoms with Crippen LogP contribution in [0.2, 0.25) is 0 Å². The number of carbonyl (C=O) groups excluding carboxylic acids is 1. The van der Waals surface area contributed by atoms with Crippen LogP contribution in [0.15, 0.2) is 34.4 Å². The first-order valence-electron chi connectivity index (χ1n) is 7.78. The summed E-state index contributed by atoms with van der Waals surface area (Å²) >= 11 is 1.42. The van der Waals surface area contributed by atoms with Crippen molar-refractivity contribution < 1.29 is 9.53 Å². The number of amides is 1. The van der Waals surface area contributed by atoms with Gasteiger partial charge in [0.1, 0.15) is 5.69 Å². The van der Waals surface area contributed by atoms with Crippen LogP contribution in [0.25, 0.3) is 10.8 Å². The zero-order chi connectivity index (χ0) is 17.8. The highest BCUT2D eigenvalue weighted by atomic mass is 32.1. The summed E-state index contributed by atoms with van der Waals surface area (Å²) in [6, 6.07) is 7.25. The van der Waals surface area contributed by atoms with Gasteiger partial charge in [-0.05, 0) is 13.0 Å². The van der Waals surface area contributed by atoms with Crippen molar-refractivity contribution in [1.29, 1.82) is 0 Å². The summed E-state index contributed by atoms with van der Waals surface area (Å²) < 4.78 is 6.41. The maximum Gasteiger partial charge on any atom is 0.274 e. The Bertz CT molecular complexity index is 964. The van der Waals surface area contributed by atoms with Crippen LogP contribution in [0.3, 0.4) is 0 Å². The largest absolute Gasteiger partial charge is 0.383 e. The van der Waals surface area contributed by atoms with Crippen LogP contribution < -0.4 is 10.9 Å². The molecule has 0 atom stereocenters. The lowest BCUT2D eigenvalue weighted by molar-refractivity contribution is 0.0946. The number of hydrogen-bond donors (Lipinski definition) is 1. The highest BCUT2D eigenvalue weighted by molar-refractivity contribution is 7.09. The number of aromatic nitrogens is 3. The fourth-order valence-corrected chi connectivity index (χ4v) is 3.08. The summed E-state index contributed by atoms with van der Waals surface area (Å²) in [4.78, 5) is 28.9. The Kier molecular flexibility index (Phi) is 5.20. The average molecular weight is 358 g/mol. The minimum atomic E-state index is -0.259. The zero-order valence-electron chi connectivity index (χ0n) is 14.0. The Balaban J connectivity index is 1.90. The summed E-state index contributed by atoms with van der Waals surface area (Å²) in [6.07, 6.45) is 0. The van der Waals surface area contributed by atoms with E-state index in [1.54, 1.807) is 18.6 Å². The normalized spacial score (nSPS) is 11.0. The molecule has 1 N–H and O–H groups in total. The molecule has 2 heterocycles. The fraction of sp³-hybridized carbons (Fsp3) is 0.294. The van der Waals surface area contributed by atoms with Crippen molar-refractivity contribution in [2.45, 2.75) is 20.0 Å². The number of methoxy groups -OCH3 is 1. The maximum absolute atomic E-state index is 12.5. The van der Waals surface area contributed by atoms with Crippen molar-refractivity contribution in [1.82, 2.24) is 20.1 Å². The quantitative estimate of drug-likeness (QED) is 0.725. The number of nitrogens with zero attached hydrogens (tertiary/aromatic N) is 3. The minimum absolute atomic E-state index is 0.169. The second-order valence-corrected chi connectivity index (χ2v) is 6.51. The van der Waals surface area contributed by atoms with Gasteiger partial charge in [-0.1, -0.05) is 18.2 Å².